The van der Waals surface area contributed by atoms with E-state index in [0.29, 0.717) is 0 Å². The zero-order chi connectivity index (χ0) is 18.4. The van der Waals surface area contributed by atoms with Crippen molar-refractivity contribution in [2.24, 2.45) is 7.05 Å². The quantitative estimate of drug-likeness (QED) is 0.710. The van der Waals surface area contributed by atoms with Gasteiger partial charge in [0, 0.05) is 25.7 Å². The molecule has 0 saturated carbocycles. The van der Waals surface area contributed by atoms with Crippen LogP contribution in [0.15, 0.2) is 12.1 Å². The lowest BCUT2D eigenvalue weighted by molar-refractivity contribution is 0.122. The molecule has 1 saturated heterocycles. The lowest BCUT2D eigenvalue weighted by Crippen LogP contribution is -2.37. The molecule has 6 heteroatoms. The van der Waals surface area contributed by atoms with Crippen molar-refractivity contribution in [3.63, 3.8) is 0 Å². The molecule has 2 aromatic heterocycles. The predicted molar refractivity (Wildman–Crippen MR) is 104 cm³/mol. The van der Waals surface area contributed by atoms with Crippen LogP contribution in [0.5, 0.6) is 0 Å². The van der Waals surface area contributed by atoms with Gasteiger partial charge in [-0.25, -0.2) is 9.97 Å². The number of benzene rings is 1. The molecule has 1 aliphatic heterocycles. The molecule has 0 atom stereocenters. The minimum Gasteiger partial charge on any atom is -0.378 e. The Balaban J connectivity index is 1.98. The first-order chi connectivity index (χ1) is 12.5. The maximum atomic E-state index is 5.49. The summed E-state index contributed by atoms with van der Waals surface area (Å²) in [7, 11) is 1.99. The molecular formula is C20H25N5O. The highest BCUT2D eigenvalue weighted by Gasteiger charge is 2.23. The van der Waals surface area contributed by atoms with Gasteiger partial charge >= 0.3 is 0 Å². The van der Waals surface area contributed by atoms with Crippen LogP contribution in [-0.4, -0.2) is 46.1 Å². The van der Waals surface area contributed by atoms with Crippen LogP contribution in [0.1, 0.15) is 22.5 Å². The summed E-state index contributed by atoms with van der Waals surface area (Å²) in [4.78, 5) is 11.8. The topological polar surface area (TPSA) is 56.1 Å². The van der Waals surface area contributed by atoms with Crippen molar-refractivity contribution in [1.29, 1.82) is 0 Å². The standard InChI is InChI=1S/C20H25N5O/c1-12-10-13(2)16(14(3)11-12)19-17-18(23-24(19)5)20(22-15(4)21-17)25-6-8-26-9-7-25/h10-11H,6-9H2,1-5H3. The molecule has 26 heavy (non-hydrogen) atoms. The van der Waals surface area contributed by atoms with Crippen molar-refractivity contribution in [2.75, 3.05) is 31.2 Å². The van der Waals surface area contributed by atoms with Gasteiger partial charge in [-0.15, -0.1) is 0 Å². The number of fused-ring (bicyclic) bond motifs is 1. The summed E-state index contributed by atoms with van der Waals surface area (Å²) < 4.78 is 7.45. The fraction of sp³-hybridized carbons (Fsp3) is 0.450. The summed E-state index contributed by atoms with van der Waals surface area (Å²) in [5, 5.41) is 4.82. The van der Waals surface area contributed by atoms with E-state index in [1.807, 2.05) is 18.7 Å². The molecule has 0 radical (unpaired) electrons. The first-order valence-corrected chi connectivity index (χ1v) is 9.08. The van der Waals surface area contributed by atoms with Crippen LogP contribution in [-0.2, 0) is 11.8 Å². The summed E-state index contributed by atoms with van der Waals surface area (Å²) in [6.07, 6.45) is 0. The molecule has 6 nitrogen and oxygen atoms in total. The Labute approximate surface area is 153 Å². The molecule has 3 aromatic rings. The van der Waals surface area contributed by atoms with E-state index in [0.717, 1.165) is 54.7 Å². The Bertz CT molecular complexity index is 963. The number of ether oxygens (including phenoxy) is 1. The summed E-state index contributed by atoms with van der Waals surface area (Å²) in [5.41, 5.74) is 7.84. The zero-order valence-corrected chi connectivity index (χ0v) is 16.1. The summed E-state index contributed by atoms with van der Waals surface area (Å²) in [5.74, 6) is 1.69. The molecule has 136 valence electrons. The van der Waals surface area contributed by atoms with Gasteiger partial charge in [-0.3, -0.25) is 4.68 Å². The smallest absolute Gasteiger partial charge is 0.161 e. The van der Waals surface area contributed by atoms with Crippen LogP contribution >= 0.6 is 0 Å². The van der Waals surface area contributed by atoms with Crippen molar-refractivity contribution in [3.8, 4) is 11.3 Å². The van der Waals surface area contributed by atoms with E-state index in [-0.39, 0.29) is 0 Å². The number of hydrogen-bond acceptors (Lipinski definition) is 5. The second kappa shape index (κ2) is 6.36. The Morgan fingerprint density at radius 3 is 2.23 bits per heavy atom. The third-order valence-corrected chi connectivity index (χ3v) is 5.00. The highest BCUT2D eigenvalue weighted by atomic mass is 16.5. The van der Waals surface area contributed by atoms with E-state index in [4.69, 9.17) is 19.8 Å². The normalized spacial score (nSPS) is 15.0. The molecule has 4 rings (SSSR count). The average Bonchev–Trinajstić information content (AvgIpc) is 2.90. The lowest BCUT2D eigenvalue weighted by Gasteiger charge is -2.27. The second-order valence-electron chi connectivity index (χ2n) is 7.14. The van der Waals surface area contributed by atoms with E-state index in [1.54, 1.807) is 0 Å². The Morgan fingerprint density at radius 2 is 1.58 bits per heavy atom. The van der Waals surface area contributed by atoms with Crippen molar-refractivity contribution >= 4 is 16.9 Å². The Morgan fingerprint density at radius 1 is 0.923 bits per heavy atom. The van der Waals surface area contributed by atoms with Crippen molar-refractivity contribution in [3.05, 3.63) is 34.6 Å². The molecule has 0 amide bonds. The van der Waals surface area contributed by atoms with Crippen molar-refractivity contribution < 1.29 is 4.74 Å². The predicted octanol–water partition coefficient (Wildman–Crippen LogP) is 3.10. The highest BCUT2D eigenvalue weighted by molar-refractivity contribution is 5.97. The molecule has 1 fully saturated rings. The molecule has 0 bridgehead atoms. The van der Waals surface area contributed by atoms with E-state index in [9.17, 15) is 0 Å². The summed E-state index contributed by atoms with van der Waals surface area (Å²) >= 11 is 0. The average molecular weight is 351 g/mol. The maximum Gasteiger partial charge on any atom is 0.161 e. The number of hydrogen-bond donors (Lipinski definition) is 0. The first-order valence-electron chi connectivity index (χ1n) is 9.08. The number of rotatable bonds is 2. The fourth-order valence-corrected chi connectivity index (χ4v) is 3.99. The van der Waals surface area contributed by atoms with E-state index in [2.05, 4.69) is 37.8 Å². The monoisotopic (exact) mass is 351 g/mol. The molecule has 0 unspecified atom stereocenters. The number of aryl methyl sites for hydroxylation is 5. The minimum absolute atomic E-state index is 0.723. The van der Waals surface area contributed by atoms with Gasteiger partial charge in [0.25, 0.3) is 0 Å². The molecule has 1 aliphatic rings. The van der Waals surface area contributed by atoms with E-state index < -0.39 is 0 Å². The van der Waals surface area contributed by atoms with Crippen LogP contribution in [0, 0.1) is 27.7 Å². The van der Waals surface area contributed by atoms with Crippen LogP contribution < -0.4 is 4.90 Å². The maximum absolute atomic E-state index is 5.49. The second-order valence-corrected chi connectivity index (χ2v) is 7.14. The third kappa shape index (κ3) is 2.74. The van der Waals surface area contributed by atoms with Crippen molar-refractivity contribution in [2.45, 2.75) is 27.7 Å². The highest BCUT2D eigenvalue weighted by Crippen LogP contribution is 2.35. The fourth-order valence-electron chi connectivity index (χ4n) is 3.99. The molecule has 0 aliphatic carbocycles. The SMILES string of the molecule is Cc1cc(C)c(-c2c3nc(C)nc(N4CCOCC4)c3nn2C)c(C)c1. The Kier molecular flexibility index (Phi) is 4.15. The third-order valence-electron chi connectivity index (χ3n) is 5.00. The van der Waals surface area contributed by atoms with Crippen LogP contribution in [0.3, 0.4) is 0 Å². The molecule has 0 N–H and O–H groups in total. The summed E-state index contributed by atoms with van der Waals surface area (Å²) in [6, 6.07) is 4.44. The van der Waals surface area contributed by atoms with Gasteiger partial charge in [-0.1, -0.05) is 17.7 Å². The van der Waals surface area contributed by atoms with Gasteiger partial charge in [0.15, 0.2) is 11.3 Å². The Hall–Kier alpha value is -2.47. The van der Waals surface area contributed by atoms with Gasteiger partial charge in [-0.2, -0.15) is 5.10 Å². The number of aromatic nitrogens is 4. The van der Waals surface area contributed by atoms with Gasteiger partial charge in [0.2, 0.25) is 0 Å². The lowest BCUT2D eigenvalue weighted by atomic mass is 9.96. The minimum atomic E-state index is 0.723. The zero-order valence-electron chi connectivity index (χ0n) is 16.1. The van der Waals surface area contributed by atoms with Crippen LogP contribution in [0.2, 0.25) is 0 Å². The van der Waals surface area contributed by atoms with Crippen LogP contribution in [0.25, 0.3) is 22.3 Å². The first kappa shape index (κ1) is 17.0. The van der Waals surface area contributed by atoms with Crippen LogP contribution in [0.4, 0.5) is 5.82 Å². The number of morpholine rings is 1. The number of nitrogens with zero attached hydrogens (tertiary/aromatic N) is 5. The summed E-state index contributed by atoms with van der Waals surface area (Å²) in [6.45, 7) is 11.5. The molecule has 3 heterocycles. The van der Waals surface area contributed by atoms with Gasteiger partial charge in [0.1, 0.15) is 11.3 Å². The molecular weight excluding hydrogens is 326 g/mol. The van der Waals surface area contributed by atoms with Crippen molar-refractivity contribution in [1.82, 2.24) is 19.7 Å². The number of anilines is 1. The van der Waals surface area contributed by atoms with Gasteiger partial charge < -0.3 is 9.64 Å². The van der Waals surface area contributed by atoms with Gasteiger partial charge in [0.05, 0.1) is 18.9 Å². The van der Waals surface area contributed by atoms with E-state index >= 15 is 0 Å². The van der Waals surface area contributed by atoms with Gasteiger partial charge in [-0.05, 0) is 38.8 Å². The molecule has 1 aromatic carbocycles. The largest absolute Gasteiger partial charge is 0.378 e. The van der Waals surface area contributed by atoms with E-state index in [1.165, 1.54) is 22.3 Å². The molecule has 0 spiro atoms.